The Hall–Kier alpha value is -2.89. The van der Waals surface area contributed by atoms with Gasteiger partial charge in [0.15, 0.2) is 0 Å². The van der Waals surface area contributed by atoms with E-state index in [0.29, 0.717) is 11.3 Å². The molecular formula is C15H12N2O4. The maximum atomic E-state index is 12.6. The lowest BCUT2D eigenvalue weighted by molar-refractivity contribution is -0.152. The van der Waals surface area contributed by atoms with E-state index in [1.165, 1.54) is 12.3 Å². The Balaban J connectivity index is 2.24. The minimum atomic E-state index is -1.96. The fourth-order valence-corrected chi connectivity index (χ4v) is 2.66. The molecule has 21 heavy (non-hydrogen) atoms. The molecule has 2 N–H and O–H groups in total. The second-order valence-electron chi connectivity index (χ2n) is 4.93. The molecule has 2 heterocycles. The highest BCUT2D eigenvalue weighted by atomic mass is 16.4. The molecule has 0 bridgehead atoms. The number of fused-ring (bicyclic) bond motifs is 2. The molecule has 0 aliphatic carbocycles. The van der Waals surface area contributed by atoms with Gasteiger partial charge in [0.05, 0.1) is 11.3 Å². The minimum Gasteiger partial charge on any atom is -0.479 e. The molecule has 1 atom stereocenters. The van der Waals surface area contributed by atoms with Crippen molar-refractivity contribution in [3.8, 4) is 0 Å². The van der Waals surface area contributed by atoms with Crippen molar-refractivity contribution in [3.05, 3.63) is 54.3 Å². The highest BCUT2D eigenvalue weighted by molar-refractivity contribution is 6.21. The van der Waals surface area contributed by atoms with Crippen LogP contribution in [0.3, 0.4) is 0 Å². The summed E-state index contributed by atoms with van der Waals surface area (Å²) in [5.41, 5.74) is -0.855. The van der Waals surface area contributed by atoms with Crippen LogP contribution >= 0.6 is 0 Å². The van der Waals surface area contributed by atoms with Gasteiger partial charge in [-0.25, -0.2) is 4.79 Å². The molecule has 6 nitrogen and oxygen atoms in total. The zero-order valence-corrected chi connectivity index (χ0v) is 11.0. The normalized spacial score (nSPS) is 23.6. The Bertz CT molecular complexity index is 722. The summed E-state index contributed by atoms with van der Waals surface area (Å²) in [7, 11) is 0. The number of carboxylic acid groups (broad SMARTS) is 1. The number of hydrogen-bond donors (Lipinski definition) is 2. The minimum absolute atomic E-state index is 0.0998. The fourth-order valence-electron chi connectivity index (χ4n) is 2.66. The number of benzene rings is 1. The average molecular weight is 284 g/mol. The van der Waals surface area contributed by atoms with Gasteiger partial charge in [0, 0.05) is 12.6 Å². The Morgan fingerprint density at radius 1 is 1.38 bits per heavy atom. The smallest absolute Gasteiger partial charge is 0.340 e. The molecule has 0 spiro atoms. The number of carbonyl (C=O) groups excluding carboxylic acids is 2. The van der Waals surface area contributed by atoms with Crippen molar-refractivity contribution >= 4 is 23.5 Å². The Labute approximate surface area is 120 Å². The molecule has 1 aromatic carbocycles. The van der Waals surface area contributed by atoms with Crippen LogP contribution in [0.4, 0.5) is 5.69 Å². The summed E-state index contributed by atoms with van der Waals surface area (Å²) in [4.78, 5) is 37.9. The number of hydrogen-bond acceptors (Lipinski definition) is 3. The van der Waals surface area contributed by atoms with Crippen LogP contribution in [0.5, 0.6) is 0 Å². The average Bonchev–Trinajstić information content (AvgIpc) is 2.84. The summed E-state index contributed by atoms with van der Waals surface area (Å²) in [5, 5.41) is 12.1. The zero-order chi connectivity index (χ0) is 15.2. The van der Waals surface area contributed by atoms with Crippen molar-refractivity contribution in [1.82, 2.24) is 4.90 Å². The van der Waals surface area contributed by atoms with E-state index in [4.69, 9.17) is 0 Å². The first kappa shape index (κ1) is 13.1. The SMILES string of the molecule is C=CC1=CN2C(=O)c3ccccc3NC(=O)C2(C(=O)O)C1. The van der Waals surface area contributed by atoms with Crippen LogP contribution in [0, 0.1) is 0 Å². The molecule has 2 aliphatic heterocycles. The van der Waals surface area contributed by atoms with Crippen molar-refractivity contribution in [2.75, 3.05) is 5.32 Å². The van der Waals surface area contributed by atoms with Crippen LogP contribution in [0.25, 0.3) is 0 Å². The Morgan fingerprint density at radius 3 is 2.76 bits per heavy atom. The van der Waals surface area contributed by atoms with E-state index < -0.39 is 23.3 Å². The number of para-hydroxylation sites is 1. The third-order valence-electron chi connectivity index (χ3n) is 3.78. The predicted molar refractivity (Wildman–Crippen MR) is 74.5 cm³/mol. The number of nitrogens with zero attached hydrogens (tertiary/aromatic N) is 1. The van der Waals surface area contributed by atoms with Gasteiger partial charge in [-0.2, -0.15) is 0 Å². The lowest BCUT2D eigenvalue weighted by Crippen LogP contribution is -2.58. The molecule has 0 aromatic heterocycles. The van der Waals surface area contributed by atoms with E-state index in [0.717, 1.165) is 4.90 Å². The summed E-state index contributed by atoms with van der Waals surface area (Å²) in [5.74, 6) is -2.63. The van der Waals surface area contributed by atoms with Crippen molar-refractivity contribution in [3.63, 3.8) is 0 Å². The molecule has 0 saturated carbocycles. The molecule has 1 unspecified atom stereocenters. The van der Waals surface area contributed by atoms with E-state index in [2.05, 4.69) is 11.9 Å². The van der Waals surface area contributed by atoms with Crippen LogP contribution in [-0.2, 0) is 9.59 Å². The van der Waals surface area contributed by atoms with Crippen LogP contribution < -0.4 is 5.32 Å². The van der Waals surface area contributed by atoms with Crippen LogP contribution in [-0.4, -0.2) is 33.3 Å². The van der Waals surface area contributed by atoms with E-state index in [1.807, 2.05) is 0 Å². The molecular weight excluding hydrogens is 272 g/mol. The number of rotatable bonds is 2. The molecule has 6 heteroatoms. The maximum Gasteiger partial charge on any atom is 0.340 e. The van der Waals surface area contributed by atoms with Crippen LogP contribution in [0.1, 0.15) is 16.8 Å². The highest BCUT2D eigenvalue weighted by Gasteiger charge is 2.57. The molecule has 0 radical (unpaired) electrons. The van der Waals surface area contributed by atoms with Gasteiger partial charge >= 0.3 is 5.97 Å². The van der Waals surface area contributed by atoms with E-state index in [1.54, 1.807) is 24.3 Å². The molecule has 0 saturated heterocycles. The predicted octanol–water partition coefficient (Wildman–Crippen LogP) is 1.38. The van der Waals surface area contributed by atoms with E-state index in [9.17, 15) is 19.5 Å². The third-order valence-corrected chi connectivity index (χ3v) is 3.78. The van der Waals surface area contributed by atoms with Crippen molar-refractivity contribution in [2.45, 2.75) is 12.0 Å². The van der Waals surface area contributed by atoms with Gasteiger partial charge in [-0.15, -0.1) is 0 Å². The number of carboxylic acids is 1. The first-order valence-corrected chi connectivity index (χ1v) is 6.31. The highest BCUT2D eigenvalue weighted by Crippen LogP contribution is 2.38. The summed E-state index contributed by atoms with van der Waals surface area (Å²) < 4.78 is 0. The Kier molecular flexibility index (Phi) is 2.69. The number of aliphatic carboxylic acids is 1. The second-order valence-corrected chi connectivity index (χ2v) is 4.93. The van der Waals surface area contributed by atoms with Crippen molar-refractivity contribution in [1.29, 1.82) is 0 Å². The lowest BCUT2D eigenvalue weighted by Gasteiger charge is -2.30. The number of nitrogens with one attached hydrogen (secondary N) is 1. The van der Waals surface area contributed by atoms with Crippen LogP contribution in [0.15, 0.2) is 48.7 Å². The number of allylic oxidation sites excluding steroid dienone is 1. The quantitative estimate of drug-likeness (QED) is 0.803. The number of amides is 2. The Morgan fingerprint density at radius 2 is 2.10 bits per heavy atom. The summed E-state index contributed by atoms with van der Waals surface area (Å²) in [6.45, 7) is 3.58. The van der Waals surface area contributed by atoms with Gasteiger partial charge < -0.3 is 10.4 Å². The third kappa shape index (κ3) is 1.62. The van der Waals surface area contributed by atoms with Crippen molar-refractivity contribution < 1.29 is 19.5 Å². The zero-order valence-electron chi connectivity index (χ0n) is 11.0. The number of carbonyl (C=O) groups is 3. The molecule has 1 aromatic rings. The number of anilines is 1. The van der Waals surface area contributed by atoms with Crippen molar-refractivity contribution in [2.24, 2.45) is 0 Å². The van der Waals surface area contributed by atoms with Gasteiger partial charge in [-0.05, 0) is 17.7 Å². The van der Waals surface area contributed by atoms with Gasteiger partial charge in [0.1, 0.15) is 0 Å². The monoisotopic (exact) mass is 284 g/mol. The summed E-state index contributed by atoms with van der Waals surface area (Å²) in [6.07, 6.45) is 2.73. The molecule has 2 aliphatic rings. The second kappa shape index (κ2) is 4.31. The lowest BCUT2D eigenvalue weighted by atomic mass is 9.92. The first-order chi connectivity index (χ1) is 10.0. The molecule has 106 valence electrons. The molecule has 3 rings (SSSR count). The molecule has 2 amide bonds. The maximum absolute atomic E-state index is 12.6. The van der Waals surface area contributed by atoms with Gasteiger partial charge in [0.25, 0.3) is 11.8 Å². The van der Waals surface area contributed by atoms with Crippen LogP contribution in [0.2, 0.25) is 0 Å². The molecule has 0 fully saturated rings. The van der Waals surface area contributed by atoms with E-state index in [-0.39, 0.29) is 12.0 Å². The topological polar surface area (TPSA) is 86.7 Å². The van der Waals surface area contributed by atoms with E-state index >= 15 is 0 Å². The van der Waals surface area contributed by atoms with Gasteiger partial charge in [0.2, 0.25) is 5.54 Å². The van der Waals surface area contributed by atoms with Gasteiger partial charge in [-0.1, -0.05) is 24.8 Å². The summed E-state index contributed by atoms with van der Waals surface area (Å²) in [6, 6.07) is 6.45. The summed E-state index contributed by atoms with van der Waals surface area (Å²) >= 11 is 0. The fraction of sp³-hybridized carbons (Fsp3) is 0.133. The largest absolute Gasteiger partial charge is 0.479 e. The standard InChI is InChI=1S/C15H12N2O4/c1-2-9-7-15(14(20)21)13(19)16-11-6-4-3-5-10(11)12(18)17(15)8-9/h2-6,8H,1,7H2,(H,16,19)(H,20,21). The van der Waals surface area contributed by atoms with Gasteiger partial charge in [-0.3, -0.25) is 14.5 Å². The first-order valence-electron chi connectivity index (χ1n) is 6.31.